The zero-order chi connectivity index (χ0) is 27.7. The summed E-state index contributed by atoms with van der Waals surface area (Å²) in [6.45, 7) is 7.54. The second-order valence-electron chi connectivity index (χ2n) is 10.1. The summed E-state index contributed by atoms with van der Waals surface area (Å²) < 4.78 is 14.2. The summed E-state index contributed by atoms with van der Waals surface area (Å²) in [7, 11) is 1.58. The van der Waals surface area contributed by atoms with Crippen molar-refractivity contribution in [3.05, 3.63) is 89.0 Å². The fourth-order valence-electron chi connectivity index (χ4n) is 5.16. The van der Waals surface area contributed by atoms with Crippen LogP contribution in [0.5, 0.6) is 5.75 Å². The molecule has 0 aliphatic carbocycles. The number of allylic oxidation sites excluding steroid dienone is 1. The molecule has 3 heterocycles. The minimum Gasteiger partial charge on any atom is -0.496 e. The van der Waals surface area contributed by atoms with Crippen molar-refractivity contribution in [2.45, 2.75) is 52.2 Å². The summed E-state index contributed by atoms with van der Waals surface area (Å²) in [4.78, 5) is 34.9. The lowest BCUT2D eigenvalue weighted by Gasteiger charge is -2.28. The highest BCUT2D eigenvalue weighted by molar-refractivity contribution is 9.10. The number of carbonyl (C=O) groups is 1. The third kappa shape index (κ3) is 5.61. The predicted molar refractivity (Wildman–Crippen MR) is 158 cm³/mol. The Kier molecular flexibility index (Phi) is 8.09. The highest BCUT2D eigenvalue weighted by atomic mass is 79.9. The smallest absolute Gasteiger partial charge is 0.338 e. The molecular weight excluding hydrogens is 578 g/mol. The number of thiazole rings is 1. The molecule has 1 aromatic heterocycles. The molecule has 0 radical (unpaired) electrons. The summed E-state index contributed by atoms with van der Waals surface area (Å²) in [6, 6.07) is 13.1. The zero-order valence-electron chi connectivity index (χ0n) is 22.6. The molecule has 5 rings (SSSR count). The summed E-state index contributed by atoms with van der Waals surface area (Å²) >= 11 is 4.86. The first-order valence-electron chi connectivity index (χ1n) is 13.2. The molecule has 3 aromatic rings. The molecule has 0 N–H and O–H groups in total. The van der Waals surface area contributed by atoms with Gasteiger partial charge in [0.1, 0.15) is 11.8 Å². The fraction of sp³-hybridized carbons (Fsp3) is 0.367. The lowest BCUT2D eigenvalue weighted by Crippen LogP contribution is -2.40. The molecule has 0 saturated carbocycles. The molecule has 0 spiro atoms. The Labute approximate surface area is 240 Å². The van der Waals surface area contributed by atoms with Gasteiger partial charge in [-0.2, -0.15) is 0 Å². The first-order chi connectivity index (χ1) is 18.8. The van der Waals surface area contributed by atoms with Gasteiger partial charge in [0, 0.05) is 28.8 Å². The molecule has 1 saturated heterocycles. The van der Waals surface area contributed by atoms with Crippen molar-refractivity contribution in [1.29, 1.82) is 0 Å². The van der Waals surface area contributed by atoms with Crippen LogP contribution in [0, 0.1) is 0 Å². The fourth-order valence-corrected chi connectivity index (χ4v) is 6.58. The molecule has 9 heteroatoms. The number of methoxy groups -OCH3 is 1. The van der Waals surface area contributed by atoms with E-state index in [1.165, 1.54) is 36.3 Å². The molecule has 2 aliphatic heterocycles. The molecule has 0 unspecified atom stereocenters. The molecule has 39 heavy (non-hydrogen) atoms. The van der Waals surface area contributed by atoms with Gasteiger partial charge in [0.2, 0.25) is 0 Å². The number of benzene rings is 2. The van der Waals surface area contributed by atoms with Gasteiger partial charge in [-0.25, -0.2) is 9.79 Å². The standard InChI is InChI=1S/C30H32BrN3O4S/c1-18(2)38-29(36)26-19(3)32-30-34(27(26)23-17-21(31)10-13-24(23)37-4)28(35)25(39-30)16-20-8-11-22(12-9-20)33-14-6-5-7-15-33/h8-13,16-18,27H,5-7,14-15H2,1-4H3/b25-16-/t27-/m1/s1. The maximum absolute atomic E-state index is 13.9. The molecule has 0 amide bonds. The van der Waals surface area contributed by atoms with Crippen molar-refractivity contribution in [3.8, 4) is 5.75 Å². The highest BCUT2D eigenvalue weighted by Crippen LogP contribution is 2.37. The van der Waals surface area contributed by atoms with E-state index in [1.807, 2.05) is 36.4 Å². The monoisotopic (exact) mass is 609 g/mol. The van der Waals surface area contributed by atoms with Gasteiger partial charge in [-0.1, -0.05) is 39.4 Å². The van der Waals surface area contributed by atoms with Crippen LogP contribution < -0.4 is 24.5 Å². The molecule has 1 fully saturated rings. The largest absolute Gasteiger partial charge is 0.496 e. The maximum Gasteiger partial charge on any atom is 0.338 e. The third-order valence-electron chi connectivity index (χ3n) is 6.98. The predicted octanol–water partition coefficient (Wildman–Crippen LogP) is 4.95. The number of esters is 1. The van der Waals surface area contributed by atoms with E-state index < -0.39 is 12.0 Å². The summed E-state index contributed by atoms with van der Waals surface area (Å²) in [6.07, 6.45) is 5.31. The number of aromatic nitrogens is 1. The minimum absolute atomic E-state index is 0.215. The number of hydrogen-bond acceptors (Lipinski definition) is 7. The van der Waals surface area contributed by atoms with Gasteiger partial charge < -0.3 is 14.4 Å². The number of halogens is 1. The van der Waals surface area contributed by atoms with Gasteiger partial charge in [-0.15, -0.1) is 0 Å². The van der Waals surface area contributed by atoms with E-state index in [2.05, 4.69) is 38.0 Å². The number of hydrogen-bond donors (Lipinski definition) is 0. The van der Waals surface area contributed by atoms with Gasteiger partial charge in [0.25, 0.3) is 5.56 Å². The summed E-state index contributed by atoms with van der Waals surface area (Å²) in [5.41, 5.74) is 3.45. The topological polar surface area (TPSA) is 73.1 Å². The van der Waals surface area contributed by atoms with E-state index in [4.69, 9.17) is 9.47 Å². The molecule has 1 atom stereocenters. The van der Waals surface area contributed by atoms with Gasteiger partial charge in [0.15, 0.2) is 4.80 Å². The molecule has 2 aromatic carbocycles. The second kappa shape index (κ2) is 11.5. The Morgan fingerprint density at radius 2 is 1.85 bits per heavy atom. The normalized spacial score (nSPS) is 17.7. The minimum atomic E-state index is -0.747. The van der Waals surface area contributed by atoms with Crippen LogP contribution in [0.15, 0.2) is 68.0 Å². The average Bonchev–Trinajstić information content (AvgIpc) is 3.22. The number of rotatable bonds is 6. The lowest BCUT2D eigenvalue weighted by molar-refractivity contribution is -0.143. The van der Waals surface area contributed by atoms with Crippen LogP contribution in [0.1, 0.15) is 57.2 Å². The number of fused-ring (bicyclic) bond motifs is 1. The SMILES string of the molecule is COc1ccc(Br)cc1[C@@H]1C(C(=O)OC(C)C)=C(C)N=c2s/c(=C\c3ccc(N4CCCCC4)cc3)c(=O)n21. The van der Waals surface area contributed by atoms with E-state index in [1.54, 1.807) is 32.4 Å². The molecule has 0 bridgehead atoms. The second-order valence-corrected chi connectivity index (χ2v) is 12.0. The van der Waals surface area contributed by atoms with Crippen molar-refractivity contribution in [1.82, 2.24) is 4.57 Å². The molecule has 2 aliphatic rings. The molecular formula is C30H32BrN3O4S. The number of anilines is 1. The number of nitrogens with zero attached hydrogens (tertiary/aromatic N) is 3. The Morgan fingerprint density at radius 3 is 2.51 bits per heavy atom. The quantitative estimate of drug-likeness (QED) is 0.370. The van der Waals surface area contributed by atoms with Crippen molar-refractivity contribution < 1.29 is 14.3 Å². The number of ether oxygens (including phenoxy) is 2. The van der Waals surface area contributed by atoms with Crippen LogP contribution >= 0.6 is 27.3 Å². The van der Waals surface area contributed by atoms with Gasteiger partial charge in [-0.05, 0) is 82.0 Å². The Morgan fingerprint density at radius 1 is 1.13 bits per heavy atom. The Balaban J connectivity index is 1.63. The van der Waals surface area contributed by atoms with E-state index in [9.17, 15) is 9.59 Å². The van der Waals surface area contributed by atoms with Crippen molar-refractivity contribution in [3.63, 3.8) is 0 Å². The van der Waals surface area contributed by atoms with Crippen molar-refractivity contribution in [2.24, 2.45) is 4.99 Å². The van der Waals surface area contributed by atoms with Crippen molar-refractivity contribution in [2.75, 3.05) is 25.1 Å². The van der Waals surface area contributed by atoms with Crippen molar-refractivity contribution >= 4 is 45.0 Å². The summed E-state index contributed by atoms with van der Waals surface area (Å²) in [5, 5.41) is 0. The first kappa shape index (κ1) is 27.4. The number of piperidine rings is 1. The van der Waals surface area contributed by atoms with E-state index in [-0.39, 0.29) is 11.7 Å². The van der Waals surface area contributed by atoms with Gasteiger partial charge in [0.05, 0.1) is 29.0 Å². The zero-order valence-corrected chi connectivity index (χ0v) is 25.0. The lowest BCUT2D eigenvalue weighted by atomic mass is 9.95. The first-order valence-corrected chi connectivity index (χ1v) is 14.8. The van der Waals surface area contributed by atoms with Crippen LogP contribution in [-0.4, -0.2) is 36.8 Å². The van der Waals surface area contributed by atoms with E-state index in [0.717, 1.165) is 23.1 Å². The van der Waals surface area contributed by atoms with Crippen LogP contribution in [0.3, 0.4) is 0 Å². The molecule has 7 nitrogen and oxygen atoms in total. The Hall–Kier alpha value is -3.17. The highest BCUT2D eigenvalue weighted by Gasteiger charge is 2.35. The van der Waals surface area contributed by atoms with Gasteiger partial charge >= 0.3 is 5.97 Å². The van der Waals surface area contributed by atoms with Crippen LogP contribution in [-0.2, 0) is 9.53 Å². The van der Waals surface area contributed by atoms with E-state index in [0.29, 0.717) is 31.9 Å². The maximum atomic E-state index is 13.9. The average molecular weight is 611 g/mol. The third-order valence-corrected chi connectivity index (χ3v) is 8.46. The van der Waals surface area contributed by atoms with Crippen LogP contribution in [0.4, 0.5) is 5.69 Å². The van der Waals surface area contributed by atoms with E-state index >= 15 is 0 Å². The van der Waals surface area contributed by atoms with Crippen LogP contribution in [0.25, 0.3) is 6.08 Å². The Bertz CT molecular complexity index is 1600. The summed E-state index contributed by atoms with van der Waals surface area (Å²) in [5.74, 6) is 0.0662. The number of carbonyl (C=O) groups excluding carboxylic acids is 1. The van der Waals surface area contributed by atoms with Gasteiger partial charge in [-0.3, -0.25) is 9.36 Å². The van der Waals surface area contributed by atoms with Crippen LogP contribution in [0.2, 0.25) is 0 Å². The molecule has 204 valence electrons.